The Morgan fingerprint density at radius 2 is 2.00 bits per heavy atom. The van der Waals surface area contributed by atoms with Crippen molar-refractivity contribution in [2.75, 3.05) is 13.1 Å². The Kier molecular flexibility index (Phi) is 3.49. The number of pyridine rings is 1. The van der Waals surface area contributed by atoms with Gasteiger partial charge in [0, 0.05) is 30.9 Å². The van der Waals surface area contributed by atoms with Gasteiger partial charge in [0.05, 0.1) is 5.56 Å². The van der Waals surface area contributed by atoms with Crippen LogP contribution < -0.4 is 5.32 Å². The molecule has 0 spiro atoms. The molecule has 2 amide bonds. The van der Waals surface area contributed by atoms with Crippen molar-refractivity contribution in [3.63, 3.8) is 0 Å². The summed E-state index contributed by atoms with van der Waals surface area (Å²) >= 11 is 0. The highest BCUT2D eigenvalue weighted by Gasteiger charge is 2.35. The Morgan fingerprint density at radius 3 is 2.83 bits per heavy atom. The quantitative estimate of drug-likeness (QED) is 0.757. The lowest BCUT2D eigenvalue weighted by Crippen LogP contribution is -2.52. The van der Waals surface area contributed by atoms with Gasteiger partial charge in [0.1, 0.15) is 11.7 Å². The first-order valence-corrected chi connectivity index (χ1v) is 7.81. The zero-order valence-electron chi connectivity index (χ0n) is 12.9. The van der Waals surface area contributed by atoms with Crippen molar-refractivity contribution >= 4 is 22.8 Å². The van der Waals surface area contributed by atoms with Crippen LogP contribution in [-0.4, -0.2) is 39.8 Å². The number of fused-ring (bicyclic) bond motifs is 1. The lowest BCUT2D eigenvalue weighted by atomic mass is 10.0. The molecule has 120 valence electrons. The van der Waals surface area contributed by atoms with Gasteiger partial charge < -0.3 is 15.2 Å². The van der Waals surface area contributed by atoms with Crippen LogP contribution in [0, 0.1) is 0 Å². The van der Waals surface area contributed by atoms with Crippen LogP contribution in [0.15, 0.2) is 54.9 Å². The molecule has 0 bridgehead atoms. The summed E-state index contributed by atoms with van der Waals surface area (Å²) in [6.45, 7) is 0.922. The number of aromatic nitrogens is 2. The second-order valence-corrected chi connectivity index (χ2v) is 5.70. The number of nitrogens with zero attached hydrogens (tertiary/aromatic N) is 2. The number of carbonyl (C=O) groups excluding carboxylic acids is 2. The average Bonchev–Trinajstić information content (AvgIpc) is 3.06. The number of rotatable bonds is 2. The van der Waals surface area contributed by atoms with E-state index in [0.717, 1.165) is 10.9 Å². The van der Waals surface area contributed by atoms with E-state index in [0.29, 0.717) is 24.3 Å². The molecular weight excluding hydrogens is 304 g/mol. The maximum absolute atomic E-state index is 13.1. The predicted molar refractivity (Wildman–Crippen MR) is 89.3 cm³/mol. The minimum absolute atomic E-state index is 0.154. The van der Waals surface area contributed by atoms with Crippen molar-refractivity contribution in [3.8, 4) is 0 Å². The van der Waals surface area contributed by atoms with Crippen LogP contribution >= 0.6 is 0 Å². The van der Waals surface area contributed by atoms with Gasteiger partial charge >= 0.3 is 0 Å². The van der Waals surface area contributed by atoms with Gasteiger partial charge in [-0.1, -0.05) is 30.3 Å². The molecule has 1 aromatic carbocycles. The van der Waals surface area contributed by atoms with E-state index in [2.05, 4.69) is 15.3 Å². The second-order valence-electron chi connectivity index (χ2n) is 5.70. The van der Waals surface area contributed by atoms with Crippen molar-refractivity contribution < 1.29 is 9.59 Å². The van der Waals surface area contributed by atoms with Crippen LogP contribution in [0.3, 0.4) is 0 Å². The summed E-state index contributed by atoms with van der Waals surface area (Å²) in [7, 11) is 0. The normalized spacial score (nSPS) is 17.8. The molecule has 0 aliphatic carbocycles. The molecule has 0 unspecified atom stereocenters. The molecule has 4 rings (SSSR count). The van der Waals surface area contributed by atoms with Crippen molar-refractivity contribution in [3.05, 3.63) is 66.0 Å². The van der Waals surface area contributed by atoms with Gasteiger partial charge in [0.2, 0.25) is 5.91 Å². The van der Waals surface area contributed by atoms with E-state index in [1.165, 1.54) is 0 Å². The van der Waals surface area contributed by atoms with Gasteiger partial charge in [-0.3, -0.25) is 9.59 Å². The van der Waals surface area contributed by atoms with Crippen LogP contribution in [0.1, 0.15) is 22.0 Å². The molecule has 3 aromatic rings. The van der Waals surface area contributed by atoms with Crippen molar-refractivity contribution in [2.24, 2.45) is 0 Å². The van der Waals surface area contributed by atoms with Gasteiger partial charge in [-0.2, -0.15) is 0 Å². The van der Waals surface area contributed by atoms with Crippen LogP contribution in [0.2, 0.25) is 0 Å². The fourth-order valence-electron chi connectivity index (χ4n) is 3.14. The highest BCUT2D eigenvalue weighted by atomic mass is 16.2. The van der Waals surface area contributed by atoms with Gasteiger partial charge in [-0.15, -0.1) is 0 Å². The number of aromatic amines is 1. The Bertz CT molecular complexity index is 904. The van der Waals surface area contributed by atoms with Gasteiger partial charge in [-0.25, -0.2) is 4.98 Å². The third kappa shape index (κ3) is 2.32. The zero-order valence-corrected chi connectivity index (χ0v) is 12.9. The van der Waals surface area contributed by atoms with E-state index in [1.807, 2.05) is 36.4 Å². The molecule has 1 atom stereocenters. The van der Waals surface area contributed by atoms with Crippen LogP contribution in [-0.2, 0) is 4.79 Å². The average molecular weight is 320 g/mol. The Morgan fingerprint density at radius 1 is 1.17 bits per heavy atom. The molecule has 1 aliphatic rings. The number of H-pyrrole nitrogens is 1. The predicted octanol–water partition coefficient (Wildman–Crippen LogP) is 1.88. The number of amides is 2. The summed E-state index contributed by atoms with van der Waals surface area (Å²) < 4.78 is 0. The first-order chi connectivity index (χ1) is 11.8. The lowest BCUT2D eigenvalue weighted by molar-refractivity contribution is -0.128. The number of hydrogen-bond donors (Lipinski definition) is 2. The molecule has 0 radical (unpaired) electrons. The molecule has 2 N–H and O–H groups in total. The Hall–Kier alpha value is -3.15. The molecule has 6 nitrogen and oxygen atoms in total. The molecule has 1 saturated heterocycles. The summed E-state index contributed by atoms with van der Waals surface area (Å²) in [5, 5.41) is 3.61. The minimum atomic E-state index is -0.617. The number of nitrogens with one attached hydrogen (secondary N) is 2. The molecule has 0 saturated carbocycles. The summed E-state index contributed by atoms with van der Waals surface area (Å²) in [6.07, 6.45) is 3.34. The largest absolute Gasteiger partial charge is 0.352 e. The van der Waals surface area contributed by atoms with E-state index >= 15 is 0 Å². The first-order valence-electron chi connectivity index (χ1n) is 7.81. The standard InChI is InChI=1S/C18H16N4O2/c23-17-15(12-5-2-1-3-6-12)22(10-9-20-17)18(24)14-11-21-16-13(14)7-4-8-19-16/h1-8,11,15H,9-10H2,(H,19,21)(H,20,23)/t15-/m0/s1. The van der Waals surface area contributed by atoms with E-state index in [4.69, 9.17) is 0 Å². The van der Waals surface area contributed by atoms with Crippen molar-refractivity contribution in [2.45, 2.75) is 6.04 Å². The van der Waals surface area contributed by atoms with Gasteiger partial charge in [-0.05, 0) is 17.7 Å². The number of hydrogen-bond acceptors (Lipinski definition) is 3. The fraction of sp³-hybridized carbons (Fsp3) is 0.167. The Labute approximate surface area is 138 Å². The molecule has 1 fully saturated rings. The fourth-order valence-corrected chi connectivity index (χ4v) is 3.14. The molecule has 6 heteroatoms. The molecule has 24 heavy (non-hydrogen) atoms. The van der Waals surface area contributed by atoms with E-state index < -0.39 is 6.04 Å². The molecular formula is C18H16N4O2. The molecule has 2 aromatic heterocycles. The van der Waals surface area contributed by atoms with Crippen LogP contribution in [0.4, 0.5) is 0 Å². The highest BCUT2D eigenvalue weighted by Crippen LogP contribution is 2.27. The first kappa shape index (κ1) is 14.4. The zero-order chi connectivity index (χ0) is 16.5. The van der Waals surface area contributed by atoms with E-state index in [1.54, 1.807) is 23.4 Å². The van der Waals surface area contributed by atoms with Crippen LogP contribution in [0.5, 0.6) is 0 Å². The summed E-state index contributed by atoms with van der Waals surface area (Å²) in [4.78, 5) is 34.4. The van der Waals surface area contributed by atoms with Crippen molar-refractivity contribution in [1.29, 1.82) is 0 Å². The third-order valence-electron chi connectivity index (χ3n) is 4.27. The number of piperazine rings is 1. The lowest BCUT2D eigenvalue weighted by Gasteiger charge is -2.35. The minimum Gasteiger partial charge on any atom is -0.352 e. The number of benzene rings is 1. The monoisotopic (exact) mass is 320 g/mol. The third-order valence-corrected chi connectivity index (χ3v) is 4.27. The maximum Gasteiger partial charge on any atom is 0.257 e. The smallest absolute Gasteiger partial charge is 0.257 e. The van der Waals surface area contributed by atoms with E-state index in [9.17, 15) is 9.59 Å². The topological polar surface area (TPSA) is 78.1 Å². The summed E-state index contributed by atoms with van der Waals surface area (Å²) in [5.74, 6) is -0.322. The molecule has 3 heterocycles. The maximum atomic E-state index is 13.1. The summed E-state index contributed by atoms with van der Waals surface area (Å²) in [6, 6.07) is 12.4. The number of carbonyl (C=O) groups is 2. The van der Waals surface area contributed by atoms with E-state index in [-0.39, 0.29) is 11.8 Å². The van der Waals surface area contributed by atoms with Crippen molar-refractivity contribution in [1.82, 2.24) is 20.2 Å². The second kappa shape index (κ2) is 5.81. The van der Waals surface area contributed by atoms with Crippen LogP contribution in [0.25, 0.3) is 11.0 Å². The van der Waals surface area contributed by atoms with Gasteiger partial charge in [0.25, 0.3) is 5.91 Å². The summed E-state index contributed by atoms with van der Waals surface area (Å²) in [5.41, 5.74) is 2.01. The SMILES string of the molecule is O=C1NCCN(C(=O)c2c[nH]c3ncccc23)[C@H]1c1ccccc1. The molecule has 1 aliphatic heterocycles. The van der Waals surface area contributed by atoms with Gasteiger partial charge in [0.15, 0.2) is 0 Å². The Balaban J connectivity index is 1.75. The highest BCUT2D eigenvalue weighted by molar-refractivity contribution is 6.07.